The summed E-state index contributed by atoms with van der Waals surface area (Å²) < 4.78 is 18.5. The number of hydrogen-bond donors (Lipinski definition) is 2. The Kier molecular flexibility index (Phi) is 6.08. The van der Waals surface area contributed by atoms with Gasteiger partial charge in [-0.1, -0.05) is 36.4 Å². The molecule has 0 unspecified atom stereocenters. The van der Waals surface area contributed by atoms with E-state index in [2.05, 4.69) is 15.0 Å². The summed E-state index contributed by atoms with van der Waals surface area (Å²) >= 11 is 0. The van der Waals surface area contributed by atoms with Crippen LogP contribution < -0.4 is 5.73 Å². The first-order valence-electron chi connectivity index (χ1n) is 10.8. The molecular weight excluding hydrogens is 454 g/mol. The van der Waals surface area contributed by atoms with Crippen molar-refractivity contribution < 1.29 is 28.9 Å². The molecule has 3 N–H and O–H groups in total. The van der Waals surface area contributed by atoms with Gasteiger partial charge in [0.15, 0.2) is 23.8 Å². The van der Waals surface area contributed by atoms with Gasteiger partial charge >= 0.3 is 11.9 Å². The number of rotatable bonds is 6. The van der Waals surface area contributed by atoms with Crippen LogP contribution >= 0.6 is 0 Å². The van der Waals surface area contributed by atoms with E-state index in [4.69, 9.17) is 19.9 Å². The highest BCUT2D eigenvalue weighted by Gasteiger charge is 2.48. The third-order valence-corrected chi connectivity index (χ3v) is 5.61. The Morgan fingerprint density at radius 1 is 0.971 bits per heavy atom. The zero-order chi connectivity index (χ0) is 24.4. The molecule has 0 bridgehead atoms. The Labute approximate surface area is 199 Å². The Morgan fingerprint density at radius 3 is 2.31 bits per heavy atom. The molecule has 11 nitrogen and oxygen atoms in total. The number of esters is 2. The average Bonchev–Trinajstić information content (AvgIpc) is 3.45. The van der Waals surface area contributed by atoms with Gasteiger partial charge in [-0.2, -0.15) is 0 Å². The lowest BCUT2D eigenvalue weighted by Crippen LogP contribution is -2.38. The fourth-order valence-electron chi connectivity index (χ4n) is 3.87. The molecule has 1 aliphatic heterocycles. The largest absolute Gasteiger partial charge is 0.459 e. The average molecular weight is 475 g/mol. The normalized spacial score (nSPS) is 21.6. The van der Waals surface area contributed by atoms with Crippen molar-refractivity contribution in [2.24, 2.45) is 0 Å². The molecule has 0 amide bonds. The maximum atomic E-state index is 12.7. The smallest absolute Gasteiger partial charge is 0.338 e. The van der Waals surface area contributed by atoms with E-state index < -0.39 is 36.5 Å². The second-order valence-electron chi connectivity index (χ2n) is 7.84. The van der Waals surface area contributed by atoms with Gasteiger partial charge in [0.05, 0.1) is 17.5 Å². The number of benzene rings is 2. The van der Waals surface area contributed by atoms with Crippen LogP contribution in [0.2, 0.25) is 0 Å². The predicted molar refractivity (Wildman–Crippen MR) is 122 cm³/mol. The van der Waals surface area contributed by atoms with Crippen LogP contribution in [0.1, 0.15) is 26.9 Å². The van der Waals surface area contributed by atoms with Crippen molar-refractivity contribution in [1.82, 2.24) is 19.5 Å². The van der Waals surface area contributed by atoms with Gasteiger partial charge in [-0.05, 0) is 24.3 Å². The fourth-order valence-corrected chi connectivity index (χ4v) is 3.87. The number of aliphatic hydroxyl groups excluding tert-OH is 1. The van der Waals surface area contributed by atoms with Crippen LogP contribution in [0.15, 0.2) is 73.3 Å². The number of nitrogen functional groups attached to an aromatic ring is 1. The van der Waals surface area contributed by atoms with Crippen LogP contribution in [0.4, 0.5) is 5.82 Å². The number of nitrogens with two attached hydrogens (primary N) is 1. The van der Waals surface area contributed by atoms with Crippen LogP contribution in [0, 0.1) is 0 Å². The van der Waals surface area contributed by atoms with Gasteiger partial charge < -0.3 is 25.1 Å². The van der Waals surface area contributed by atoms with Crippen LogP contribution in [0.3, 0.4) is 0 Å². The van der Waals surface area contributed by atoms with Crippen LogP contribution in [0.25, 0.3) is 11.2 Å². The highest BCUT2D eigenvalue weighted by Crippen LogP contribution is 2.34. The molecule has 1 fully saturated rings. The van der Waals surface area contributed by atoms with Gasteiger partial charge in [0.25, 0.3) is 0 Å². The highest BCUT2D eigenvalue weighted by molar-refractivity contribution is 5.90. The lowest BCUT2D eigenvalue weighted by Gasteiger charge is -2.20. The Hall–Kier alpha value is -4.35. The quantitative estimate of drug-likeness (QED) is 0.395. The number of hydrogen-bond acceptors (Lipinski definition) is 10. The van der Waals surface area contributed by atoms with E-state index in [0.717, 1.165) is 0 Å². The van der Waals surface area contributed by atoms with Gasteiger partial charge in [-0.15, -0.1) is 0 Å². The molecule has 178 valence electrons. The molecule has 35 heavy (non-hydrogen) atoms. The summed E-state index contributed by atoms with van der Waals surface area (Å²) in [5, 5.41) is 11.1. The second-order valence-corrected chi connectivity index (χ2v) is 7.84. The highest BCUT2D eigenvalue weighted by atomic mass is 16.6. The van der Waals surface area contributed by atoms with Crippen molar-refractivity contribution in [3.05, 3.63) is 84.4 Å². The number of anilines is 1. The standard InChI is InChI=1S/C24H21N5O6/c25-20-17-21(27-12-26-20)29(13-28-17)22-18(30)19(35-24(32)15-9-5-2-6-10-15)16(34-22)11-33-23(31)14-7-3-1-4-8-14/h1-10,12-13,16,18-19,22,30H,11H2,(H2,25,26,27)/t16-,18-,19-,22-/m0/s1. The third kappa shape index (κ3) is 4.42. The minimum absolute atomic E-state index is 0.168. The van der Waals surface area contributed by atoms with E-state index >= 15 is 0 Å². The van der Waals surface area contributed by atoms with Crippen molar-refractivity contribution >= 4 is 28.9 Å². The monoisotopic (exact) mass is 475 g/mol. The van der Waals surface area contributed by atoms with E-state index in [1.54, 1.807) is 60.7 Å². The van der Waals surface area contributed by atoms with Gasteiger partial charge in [0, 0.05) is 0 Å². The number of nitrogens with zero attached hydrogens (tertiary/aromatic N) is 4. The first-order valence-corrected chi connectivity index (χ1v) is 10.8. The van der Waals surface area contributed by atoms with E-state index in [-0.39, 0.29) is 12.4 Å². The number of carbonyl (C=O) groups is 2. The Balaban J connectivity index is 1.40. The Morgan fingerprint density at radius 2 is 1.63 bits per heavy atom. The fraction of sp³-hybridized carbons (Fsp3) is 0.208. The summed E-state index contributed by atoms with van der Waals surface area (Å²) in [6, 6.07) is 16.8. The number of aliphatic hydroxyl groups is 1. The first-order chi connectivity index (χ1) is 17.0. The Bertz CT molecular complexity index is 1350. The zero-order valence-electron chi connectivity index (χ0n) is 18.3. The van der Waals surface area contributed by atoms with Gasteiger partial charge in [0.1, 0.15) is 30.7 Å². The van der Waals surface area contributed by atoms with Crippen molar-refractivity contribution in [3.63, 3.8) is 0 Å². The van der Waals surface area contributed by atoms with Gasteiger partial charge in [-0.3, -0.25) is 4.57 Å². The molecule has 1 saturated heterocycles. The zero-order valence-corrected chi connectivity index (χ0v) is 18.3. The molecule has 0 spiro atoms. The maximum Gasteiger partial charge on any atom is 0.338 e. The molecule has 5 rings (SSSR count). The molecule has 4 atom stereocenters. The topological polar surface area (TPSA) is 152 Å². The minimum atomic E-state index is -1.32. The van der Waals surface area contributed by atoms with Gasteiger partial charge in [0.2, 0.25) is 0 Å². The predicted octanol–water partition coefficient (Wildman–Crippen LogP) is 1.75. The number of fused-ring (bicyclic) bond motifs is 1. The molecule has 0 radical (unpaired) electrons. The van der Waals surface area contributed by atoms with Crippen molar-refractivity contribution in [1.29, 1.82) is 0 Å². The summed E-state index contributed by atoms with van der Waals surface area (Å²) in [5.41, 5.74) is 7.19. The minimum Gasteiger partial charge on any atom is -0.459 e. The van der Waals surface area contributed by atoms with E-state index in [1.807, 2.05) is 0 Å². The number of aromatic nitrogens is 4. The van der Waals surface area contributed by atoms with Crippen LogP contribution in [-0.2, 0) is 14.2 Å². The molecule has 0 aliphatic carbocycles. The lowest BCUT2D eigenvalue weighted by molar-refractivity contribution is -0.0585. The summed E-state index contributed by atoms with van der Waals surface area (Å²) in [4.78, 5) is 37.5. The molecule has 0 saturated carbocycles. The summed E-state index contributed by atoms with van der Waals surface area (Å²) in [6.07, 6.45) is -1.80. The molecular formula is C24H21N5O6. The summed E-state index contributed by atoms with van der Waals surface area (Å²) in [7, 11) is 0. The second kappa shape index (κ2) is 9.49. The molecule has 4 aromatic rings. The van der Waals surface area contributed by atoms with E-state index in [1.165, 1.54) is 17.2 Å². The number of ether oxygens (including phenoxy) is 3. The summed E-state index contributed by atoms with van der Waals surface area (Å²) in [5.74, 6) is -1.06. The molecule has 11 heteroatoms. The van der Waals surface area contributed by atoms with Crippen LogP contribution in [-0.4, -0.2) is 61.5 Å². The number of imidazole rings is 1. The summed E-state index contributed by atoms with van der Waals surface area (Å²) in [6.45, 7) is -0.266. The van der Waals surface area contributed by atoms with Crippen molar-refractivity contribution in [2.75, 3.05) is 12.3 Å². The van der Waals surface area contributed by atoms with Crippen LogP contribution in [0.5, 0.6) is 0 Å². The molecule has 3 heterocycles. The first kappa shape index (κ1) is 22.4. The number of carbonyl (C=O) groups excluding carboxylic acids is 2. The van der Waals surface area contributed by atoms with Crippen molar-refractivity contribution in [2.45, 2.75) is 24.5 Å². The molecule has 2 aromatic carbocycles. The van der Waals surface area contributed by atoms with Crippen molar-refractivity contribution in [3.8, 4) is 0 Å². The molecule has 1 aliphatic rings. The van der Waals surface area contributed by atoms with Gasteiger partial charge in [-0.25, -0.2) is 24.5 Å². The maximum absolute atomic E-state index is 12.7. The van der Waals surface area contributed by atoms with E-state index in [0.29, 0.717) is 22.3 Å². The molecule has 2 aromatic heterocycles. The lowest BCUT2D eigenvalue weighted by atomic mass is 10.1. The van der Waals surface area contributed by atoms with E-state index in [9.17, 15) is 14.7 Å². The third-order valence-electron chi connectivity index (χ3n) is 5.61. The SMILES string of the molecule is Nc1ncnc2c1ncn2[C@H]1O[C@@H](COC(=O)c2ccccc2)[C@H](OC(=O)c2ccccc2)[C@@H]1O.